The lowest BCUT2D eigenvalue weighted by Crippen LogP contribution is -2.56. The quantitative estimate of drug-likeness (QED) is 0.309. The molecule has 0 fully saturated rings. The lowest BCUT2D eigenvalue weighted by molar-refractivity contribution is 0.141. The molecule has 32 heavy (non-hydrogen) atoms. The van der Waals surface area contributed by atoms with Crippen LogP contribution in [-0.4, -0.2) is 40.3 Å². The third-order valence-electron chi connectivity index (χ3n) is 3.75. The van der Waals surface area contributed by atoms with Gasteiger partial charge in [0, 0.05) is 0 Å². The van der Waals surface area contributed by atoms with Crippen LogP contribution in [0.15, 0.2) is 48.5 Å². The maximum atomic E-state index is 12.6. The first-order valence-corrected chi connectivity index (χ1v) is 11.0. The molecular formula is C19H18Cl6N2O5. The summed E-state index contributed by atoms with van der Waals surface area (Å²) in [5.41, 5.74) is 0. The second-order valence-corrected chi connectivity index (χ2v) is 10.8. The predicted molar refractivity (Wildman–Crippen MR) is 127 cm³/mol. The van der Waals surface area contributed by atoms with Gasteiger partial charge in [0.1, 0.15) is 23.0 Å². The van der Waals surface area contributed by atoms with E-state index in [0.29, 0.717) is 23.0 Å². The Bertz CT molecular complexity index is 800. The Balaban J connectivity index is 2.09. The smallest absolute Gasteiger partial charge is 0.320 e. The van der Waals surface area contributed by atoms with E-state index in [4.69, 9.17) is 88.6 Å². The number of rotatable bonds is 8. The molecule has 0 saturated heterocycles. The van der Waals surface area contributed by atoms with Crippen LogP contribution in [0.2, 0.25) is 0 Å². The van der Waals surface area contributed by atoms with Gasteiger partial charge in [-0.1, -0.05) is 69.6 Å². The van der Waals surface area contributed by atoms with Crippen LogP contribution in [-0.2, 0) is 0 Å². The van der Waals surface area contributed by atoms with Crippen molar-refractivity contribution in [2.24, 2.45) is 0 Å². The molecule has 0 spiro atoms. The molecule has 0 bridgehead atoms. The highest BCUT2D eigenvalue weighted by atomic mass is 35.6. The highest BCUT2D eigenvalue weighted by molar-refractivity contribution is 6.68. The number of alkyl halides is 6. The lowest BCUT2D eigenvalue weighted by atomic mass is 10.3. The van der Waals surface area contributed by atoms with Crippen LogP contribution in [0.25, 0.3) is 0 Å². The van der Waals surface area contributed by atoms with Gasteiger partial charge in [-0.25, -0.2) is 4.79 Å². The Morgan fingerprint density at radius 2 is 0.938 bits per heavy atom. The van der Waals surface area contributed by atoms with E-state index in [1.54, 1.807) is 48.5 Å². The summed E-state index contributed by atoms with van der Waals surface area (Å²) in [5, 5.41) is 4.73. The van der Waals surface area contributed by atoms with E-state index in [9.17, 15) is 4.79 Å². The number of benzene rings is 2. The number of hydrogen-bond acceptors (Lipinski definition) is 5. The van der Waals surface area contributed by atoms with Gasteiger partial charge >= 0.3 is 6.03 Å². The Morgan fingerprint density at radius 1 is 0.656 bits per heavy atom. The number of carbonyl (C=O) groups excluding carboxylic acids is 1. The maximum Gasteiger partial charge on any atom is 0.320 e. The Labute approximate surface area is 215 Å². The minimum Gasteiger partial charge on any atom is -0.497 e. The standard InChI is InChI=1S/C19H18Cl6N2O5/c1-29-11-3-7-13(8-4-11)31-15(18(20,21)22)26-17(28)27-16(19(23,24)25)32-14-9-5-12(30-2)6-10-14/h3-10,15-16H,1-2H3,(H2,26,27,28)/t15-,16-/m0/s1. The number of nitrogens with one attached hydrogen (secondary N) is 2. The summed E-state index contributed by atoms with van der Waals surface area (Å²) in [6.45, 7) is 0. The van der Waals surface area contributed by atoms with E-state index < -0.39 is 26.1 Å². The van der Waals surface area contributed by atoms with Gasteiger partial charge in [0.2, 0.25) is 20.0 Å². The Morgan fingerprint density at radius 3 is 1.19 bits per heavy atom. The van der Waals surface area contributed by atoms with Crippen molar-refractivity contribution in [3.8, 4) is 23.0 Å². The number of urea groups is 1. The first-order valence-electron chi connectivity index (χ1n) is 8.74. The summed E-state index contributed by atoms with van der Waals surface area (Å²) in [6, 6.07) is 11.9. The van der Waals surface area contributed by atoms with Gasteiger partial charge in [-0.3, -0.25) is 10.6 Å². The van der Waals surface area contributed by atoms with Crippen LogP contribution in [0, 0.1) is 0 Å². The fourth-order valence-corrected chi connectivity index (χ4v) is 2.81. The summed E-state index contributed by atoms with van der Waals surface area (Å²) in [7, 11) is 3.03. The third-order valence-corrected chi connectivity index (χ3v) is 4.93. The number of amides is 2. The molecule has 2 atom stereocenters. The van der Waals surface area contributed by atoms with Crippen molar-refractivity contribution in [3.05, 3.63) is 48.5 Å². The Kier molecular flexibility index (Phi) is 9.82. The number of halogens is 6. The molecule has 0 aliphatic carbocycles. The molecule has 2 N–H and O–H groups in total. The monoisotopic (exact) mass is 564 g/mol. The van der Waals surface area contributed by atoms with E-state index in [1.165, 1.54) is 14.2 Å². The molecule has 0 heterocycles. The van der Waals surface area contributed by atoms with Crippen molar-refractivity contribution in [3.63, 3.8) is 0 Å². The molecule has 0 radical (unpaired) electrons. The van der Waals surface area contributed by atoms with Crippen LogP contribution < -0.4 is 29.6 Å². The zero-order valence-corrected chi connectivity index (χ0v) is 21.1. The van der Waals surface area contributed by atoms with Crippen molar-refractivity contribution in [2.45, 2.75) is 20.0 Å². The molecule has 2 aromatic rings. The fourth-order valence-electron chi connectivity index (χ4n) is 2.22. The fraction of sp³-hybridized carbons (Fsp3) is 0.316. The molecule has 0 aromatic heterocycles. The first kappa shape index (κ1) is 26.9. The molecule has 2 aromatic carbocycles. The average molecular weight is 567 g/mol. The van der Waals surface area contributed by atoms with Crippen molar-refractivity contribution in [2.75, 3.05) is 14.2 Å². The largest absolute Gasteiger partial charge is 0.497 e. The van der Waals surface area contributed by atoms with Crippen molar-refractivity contribution < 1.29 is 23.7 Å². The van der Waals surface area contributed by atoms with Gasteiger partial charge in [0.25, 0.3) is 0 Å². The molecule has 13 heteroatoms. The molecule has 2 rings (SSSR count). The third kappa shape index (κ3) is 8.54. The van der Waals surface area contributed by atoms with Crippen molar-refractivity contribution >= 4 is 75.6 Å². The van der Waals surface area contributed by atoms with Gasteiger partial charge in [-0.05, 0) is 48.5 Å². The minimum atomic E-state index is -2.04. The molecule has 2 amide bonds. The molecule has 7 nitrogen and oxygen atoms in total. The van der Waals surface area contributed by atoms with Gasteiger partial charge in [0.15, 0.2) is 0 Å². The summed E-state index contributed by atoms with van der Waals surface area (Å²) in [6.07, 6.45) is -2.81. The normalized spacial score (nSPS) is 13.5. The molecule has 176 valence electrons. The van der Waals surface area contributed by atoms with Gasteiger partial charge in [-0.2, -0.15) is 0 Å². The lowest BCUT2D eigenvalue weighted by Gasteiger charge is -2.29. The van der Waals surface area contributed by atoms with E-state index in [0.717, 1.165) is 0 Å². The van der Waals surface area contributed by atoms with Crippen LogP contribution in [0.3, 0.4) is 0 Å². The van der Waals surface area contributed by atoms with E-state index in [1.807, 2.05) is 0 Å². The molecule has 0 unspecified atom stereocenters. The number of carbonyl (C=O) groups is 1. The second-order valence-electron chi connectivity index (χ2n) is 6.05. The van der Waals surface area contributed by atoms with E-state index >= 15 is 0 Å². The molecule has 0 saturated carbocycles. The van der Waals surface area contributed by atoms with Crippen LogP contribution in [0.5, 0.6) is 23.0 Å². The predicted octanol–water partition coefficient (Wildman–Crippen LogP) is 5.85. The van der Waals surface area contributed by atoms with Crippen molar-refractivity contribution in [1.29, 1.82) is 0 Å². The van der Waals surface area contributed by atoms with E-state index in [-0.39, 0.29) is 0 Å². The summed E-state index contributed by atoms with van der Waals surface area (Å²) in [5.74, 6) is 1.79. The molecular weight excluding hydrogens is 549 g/mol. The minimum absolute atomic E-state index is 0.301. The van der Waals surface area contributed by atoms with Gasteiger partial charge in [0.05, 0.1) is 14.2 Å². The summed E-state index contributed by atoms with van der Waals surface area (Å²) >= 11 is 35.7. The zero-order chi connectivity index (χ0) is 23.9. The summed E-state index contributed by atoms with van der Waals surface area (Å²) in [4.78, 5) is 12.6. The number of ether oxygens (including phenoxy) is 4. The number of hydrogen-bond donors (Lipinski definition) is 2. The van der Waals surface area contributed by atoms with Crippen molar-refractivity contribution in [1.82, 2.24) is 10.6 Å². The zero-order valence-electron chi connectivity index (χ0n) is 16.6. The van der Waals surface area contributed by atoms with Gasteiger partial charge < -0.3 is 18.9 Å². The summed E-state index contributed by atoms with van der Waals surface area (Å²) < 4.78 is 17.2. The highest BCUT2D eigenvalue weighted by Gasteiger charge is 2.40. The highest BCUT2D eigenvalue weighted by Crippen LogP contribution is 2.34. The van der Waals surface area contributed by atoms with E-state index in [2.05, 4.69) is 10.6 Å². The Hall–Kier alpha value is -1.35. The van der Waals surface area contributed by atoms with Crippen LogP contribution in [0.4, 0.5) is 4.79 Å². The topological polar surface area (TPSA) is 78.1 Å². The molecule has 0 aliphatic heterocycles. The van der Waals surface area contributed by atoms with Crippen LogP contribution >= 0.6 is 69.6 Å². The molecule has 0 aliphatic rings. The van der Waals surface area contributed by atoms with Gasteiger partial charge in [-0.15, -0.1) is 0 Å². The maximum absolute atomic E-state index is 12.6. The average Bonchev–Trinajstić information content (AvgIpc) is 2.72. The second kappa shape index (κ2) is 11.7. The first-order chi connectivity index (χ1) is 14.9. The number of methoxy groups -OCH3 is 2. The van der Waals surface area contributed by atoms with Crippen LogP contribution in [0.1, 0.15) is 0 Å². The SMILES string of the molecule is COc1ccc(O[C@H](NC(=O)N[C@@H](Oc2ccc(OC)cc2)C(Cl)(Cl)Cl)C(Cl)(Cl)Cl)cc1.